The molecule has 0 aliphatic rings. The van der Waals surface area contributed by atoms with Crippen LogP contribution in [0, 0.1) is 13.8 Å². The van der Waals surface area contributed by atoms with E-state index in [4.69, 9.17) is 28.9 Å². The number of rotatable bonds is 2. The molecule has 0 bridgehead atoms. The van der Waals surface area contributed by atoms with E-state index in [0.717, 1.165) is 28.2 Å². The van der Waals surface area contributed by atoms with E-state index in [0.29, 0.717) is 10.0 Å². The Morgan fingerprint density at radius 1 is 0.944 bits per heavy atom. The van der Waals surface area contributed by atoms with Gasteiger partial charge in [0.15, 0.2) is 0 Å². The van der Waals surface area contributed by atoms with Crippen molar-refractivity contribution in [3.8, 4) is 0 Å². The molecule has 0 heterocycles. The fourth-order valence-electron chi connectivity index (χ4n) is 1.65. The van der Waals surface area contributed by atoms with Crippen LogP contribution in [-0.2, 0) is 0 Å². The van der Waals surface area contributed by atoms with Crippen LogP contribution in [0.25, 0.3) is 0 Å². The molecule has 0 radical (unpaired) electrons. The third-order valence-corrected chi connectivity index (χ3v) is 3.52. The van der Waals surface area contributed by atoms with Crippen molar-refractivity contribution in [3.05, 3.63) is 51.5 Å². The van der Waals surface area contributed by atoms with Crippen LogP contribution in [0.4, 0.5) is 17.1 Å². The van der Waals surface area contributed by atoms with Crippen molar-refractivity contribution in [1.82, 2.24) is 0 Å². The predicted octanol–water partition coefficient (Wildman–Crippen LogP) is 4.94. The van der Waals surface area contributed by atoms with Crippen LogP contribution in [0.5, 0.6) is 0 Å². The van der Waals surface area contributed by atoms with Gasteiger partial charge in [-0.25, -0.2) is 0 Å². The highest BCUT2D eigenvalue weighted by molar-refractivity contribution is 6.35. The van der Waals surface area contributed by atoms with Crippen molar-refractivity contribution in [2.24, 2.45) is 0 Å². The topological polar surface area (TPSA) is 38.0 Å². The Bertz CT molecular complexity index is 595. The molecule has 0 amide bonds. The lowest BCUT2D eigenvalue weighted by molar-refractivity contribution is 1.43. The molecular formula is C14H14Cl2N2. The summed E-state index contributed by atoms with van der Waals surface area (Å²) in [6.45, 7) is 3.88. The lowest BCUT2D eigenvalue weighted by Gasteiger charge is -2.11. The Labute approximate surface area is 117 Å². The van der Waals surface area contributed by atoms with Gasteiger partial charge in [0.1, 0.15) is 0 Å². The molecule has 2 nitrogen and oxygen atoms in total. The summed E-state index contributed by atoms with van der Waals surface area (Å²) in [6.07, 6.45) is 0. The zero-order valence-corrected chi connectivity index (χ0v) is 11.7. The monoisotopic (exact) mass is 280 g/mol. The second-order valence-electron chi connectivity index (χ2n) is 4.28. The van der Waals surface area contributed by atoms with Crippen molar-refractivity contribution in [1.29, 1.82) is 0 Å². The fraction of sp³-hybridized carbons (Fsp3) is 0.143. The lowest BCUT2D eigenvalue weighted by atomic mass is 10.1. The maximum absolute atomic E-state index is 6.18. The fourth-order valence-corrected chi connectivity index (χ4v) is 2.08. The van der Waals surface area contributed by atoms with Crippen molar-refractivity contribution in [3.63, 3.8) is 0 Å². The van der Waals surface area contributed by atoms with E-state index >= 15 is 0 Å². The highest BCUT2D eigenvalue weighted by Crippen LogP contribution is 2.31. The molecule has 94 valence electrons. The largest absolute Gasteiger partial charge is 0.399 e. The number of nitrogens with one attached hydrogen (secondary N) is 1. The van der Waals surface area contributed by atoms with Crippen molar-refractivity contribution in [2.45, 2.75) is 13.8 Å². The number of nitrogen functional groups attached to an aromatic ring is 1. The highest BCUT2D eigenvalue weighted by atomic mass is 35.5. The van der Waals surface area contributed by atoms with E-state index in [1.165, 1.54) is 0 Å². The maximum atomic E-state index is 6.18. The first-order chi connectivity index (χ1) is 8.47. The number of benzene rings is 2. The summed E-state index contributed by atoms with van der Waals surface area (Å²) in [4.78, 5) is 0. The Hall–Kier alpha value is -1.38. The predicted molar refractivity (Wildman–Crippen MR) is 80.1 cm³/mol. The molecule has 0 fully saturated rings. The van der Waals surface area contributed by atoms with Gasteiger partial charge in [-0.2, -0.15) is 0 Å². The molecule has 0 spiro atoms. The lowest BCUT2D eigenvalue weighted by Crippen LogP contribution is -1.95. The quantitative estimate of drug-likeness (QED) is 0.765. The summed E-state index contributed by atoms with van der Waals surface area (Å²) in [7, 11) is 0. The molecule has 0 aliphatic heterocycles. The first kappa shape index (κ1) is 13.1. The summed E-state index contributed by atoms with van der Waals surface area (Å²) in [5.74, 6) is 0. The number of hydrogen-bond acceptors (Lipinski definition) is 2. The number of nitrogens with two attached hydrogens (primary N) is 1. The number of halogens is 2. The van der Waals surface area contributed by atoms with Crippen LogP contribution in [0.1, 0.15) is 11.1 Å². The molecule has 2 aromatic rings. The maximum Gasteiger partial charge on any atom is 0.0644 e. The number of anilines is 3. The SMILES string of the molecule is Cc1cc(Nc2cc(Cl)c(C)cc2Cl)ccc1N. The summed E-state index contributed by atoms with van der Waals surface area (Å²) >= 11 is 12.3. The highest BCUT2D eigenvalue weighted by Gasteiger charge is 2.05. The normalized spacial score (nSPS) is 10.4. The Kier molecular flexibility index (Phi) is 3.69. The van der Waals surface area contributed by atoms with Crippen molar-refractivity contribution in [2.75, 3.05) is 11.1 Å². The zero-order chi connectivity index (χ0) is 13.3. The van der Waals surface area contributed by atoms with Gasteiger partial charge in [-0.3, -0.25) is 0 Å². The number of hydrogen-bond donors (Lipinski definition) is 2. The molecule has 18 heavy (non-hydrogen) atoms. The zero-order valence-electron chi connectivity index (χ0n) is 10.2. The Balaban J connectivity index is 2.34. The van der Waals surface area contributed by atoms with Gasteiger partial charge in [-0.05, 0) is 55.3 Å². The van der Waals surface area contributed by atoms with Crippen molar-refractivity contribution < 1.29 is 0 Å². The van der Waals surface area contributed by atoms with Crippen LogP contribution in [0.3, 0.4) is 0 Å². The van der Waals surface area contributed by atoms with Gasteiger partial charge < -0.3 is 11.1 Å². The molecule has 3 N–H and O–H groups in total. The molecule has 4 heteroatoms. The first-order valence-electron chi connectivity index (χ1n) is 5.56. The summed E-state index contributed by atoms with van der Waals surface area (Å²) in [6, 6.07) is 9.41. The van der Waals surface area contributed by atoms with Gasteiger partial charge in [0.05, 0.1) is 10.7 Å². The average Bonchev–Trinajstić information content (AvgIpc) is 2.31. The van der Waals surface area contributed by atoms with Crippen LogP contribution in [-0.4, -0.2) is 0 Å². The minimum atomic E-state index is 0.645. The van der Waals surface area contributed by atoms with Crippen LogP contribution in [0.2, 0.25) is 10.0 Å². The summed E-state index contributed by atoms with van der Waals surface area (Å²) in [5.41, 5.74) is 10.3. The van der Waals surface area contributed by atoms with E-state index in [1.54, 1.807) is 0 Å². The van der Waals surface area contributed by atoms with Crippen LogP contribution < -0.4 is 11.1 Å². The Morgan fingerprint density at radius 3 is 2.33 bits per heavy atom. The van der Waals surface area contributed by atoms with Gasteiger partial charge in [0.25, 0.3) is 0 Å². The smallest absolute Gasteiger partial charge is 0.0644 e. The molecule has 0 unspecified atom stereocenters. The molecule has 0 aliphatic carbocycles. The van der Waals surface area contributed by atoms with Crippen LogP contribution in [0.15, 0.2) is 30.3 Å². The van der Waals surface area contributed by atoms with Gasteiger partial charge >= 0.3 is 0 Å². The third kappa shape index (κ3) is 2.71. The summed E-state index contributed by atoms with van der Waals surface area (Å²) < 4.78 is 0. The van der Waals surface area contributed by atoms with Crippen LogP contribution >= 0.6 is 23.2 Å². The Morgan fingerprint density at radius 2 is 1.67 bits per heavy atom. The van der Waals surface area contributed by atoms with Crippen molar-refractivity contribution >= 4 is 40.3 Å². The van der Waals surface area contributed by atoms with E-state index in [1.807, 2.05) is 44.2 Å². The minimum Gasteiger partial charge on any atom is -0.399 e. The van der Waals surface area contributed by atoms with E-state index in [9.17, 15) is 0 Å². The summed E-state index contributed by atoms with van der Waals surface area (Å²) in [5, 5.41) is 4.57. The van der Waals surface area contributed by atoms with E-state index in [2.05, 4.69) is 5.32 Å². The van der Waals surface area contributed by atoms with Gasteiger partial charge in [0.2, 0.25) is 0 Å². The molecule has 2 aromatic carbocycles. The minimum absolute atomic E-state index is 0.645. The second-order valence-corrected chi connectivity index (χ2v) is 5.09. The molecule has 0 saturated carbocycles. The van der Waals surface area contributed by atoms with Gasteiger partial charge in [-0.15, -0.1) is 0 Å². The molecule has 0 saturated heterocycles. The molecule has 0 atom stereocenters. The standard InChI is InChI=1S/C14H14Cl2N2/c1-8-6-12(16)14(7-11(8)15)18-10-3-4-13(17)9(2)5-10/h3-7,18H,17H2,1-2H3. The van der Waals surface area contributed by atoms with Gasteiger partial charge in [-0.1, -0.05) is 23.2 Å². The molecular weight excluding hydrogens is 267 g/mol. The average molecular weight is 281 g/mol. The third-order valence-electron chi connectivity index (χ3n) is 2.80. The van der Waals surface area contributed by atoms with E-state index in [-0.39, 0.29) is 0 Å². The first-order valence-corrected chi connectivity index (χ1v) is 6.32. The van der Waals surface area contributed by atoms with Gasteiger partial charge in [0, 0.05) is 16.4 Å². The second kappa shape index (κ2) is 5.09. The molecule has 0 aromatic heterocycles. The molecule has 2 rings (SSSR count). The van der Waals surface area contributed by atoms with E-state index < -0.39 is 0 Å². The number of aryl methyl sites for hydroxylation is 2.